The summed E-state index contributed by atoms with van der Waals surface area (Å²) in [7, 11) is 1.92. The number of hydrogen-bond donors (Lipinski definition) is 0. The lowest BCUT2D eigenvalue weighted by atomic mass is 10.2. The molecule has 1 aromatic heterocycles. The van der Waals surface area contributed by atoms with E-state index >= 15 is 0 Å². The predicted octanol–water partition coefficient (Wildman–Crippen LogP) is 2.22. The van der Waals surface area contributed by atoms with Gasteiger partial charge >= 0.3 is 6.01 Å². The molecule has 1 saturated carbocycles. The van der Waals surface area contributed by atoms with Crippen molar-refractivity contribution in [2.75, 3.05) is 25.1 Å². The number of rotatable bonds is 4. The molecule has 0 bridgehead atoms. The Balaban J connectivity index is 1.41. The molecule has 0 N–H and O–H groups in total. The van der Waals surface area contributed by atoms with E-state index in [4.69, 9.17) is 13.9 Å². The van der Waals surface area contributed by atoms with Crippen molar-refractivity contribution in [3.8, 4) is 11.5 Å². The van der Waals surface area contributed by atoms with Gasteiger partial charge in [-0.3, -0.25) is 0 Å². The average Bonchev–Trinajstić information content (AvgIpc) is 3.24. The highest BCUT2D eigenvalue weighted by molar-refractivity contribution is 5.41. The molecule has 0 radical (unpaired) electrons. The van der Waals surface area contributed by atoms with Crippen LogP contribution in [-0.4, -0.2) is 36.5 Å². The second kappa shape index (κ2) is 4.95. The zero-order valence-electron chi connectivity index (χ0n) is 11.9. The van der Waals surface area contributed by atoms with E-state index < -0.39 is 0 Å². The molecule has 1 aliphatic carbocycles. The van der Waals surface area contributed by atoms with Crippen LogP contribution in [0.5, 0.6) is 11.5 Å². The second-order valence-electron chi connectivity index (χ2n) is 5.58. The molecule has 0 saturated heterocycles. The molecule has 2 heterocycles. The second-order valence-corrected chi connectivity index (χ2v) is 5.58. The van der Waals surface area contributed by atoms with Crippen LogP contribution in [-0.2, 0) is 0 Å². The van der Waals surface area contributed by atoms with Crippen LogP contribution in [0.1, 0.15) is 24.7 Å². The summed E-state index contributed by atoms with van der Waals surface area (Å²) in [4.78, 5) is 1.92. The number of hydrogen-bond acceptors (Lipinski definition) is 6. The average molecular weight is 287 g/mol. The fraction of sp³-hybridized carbons (Fsp3) is 0.467. The Bertz CT molecular complexity index is 639. The maximum Gasteiger partial charge on any atom is 0.318 e. The van der Waals surface area contributed by atoms with Crippen LogP contribution in [0.15, 0.2) is 28.7 Å². The van der Waals surface area contributed by atoms with E-state index in [9.17, 15) is 0 Å². The van der Waals surface area contributed by atoms with Gasteiger partial charge in [0.1, 0.15) is 6.61 Å². The Hall–Kier alpha value is -2.24. The van der Waals surface area contributed by atoms with E-state index in [0.29, 0.717) is 25.1 Å². The molecule has 1 atom stereocenters. The van der Waals surface area contributed by atoms with E-state index in [2.05, 4.69) is 10.2 Å². The van der Waals surface area contributed by atoms with Crippen LogP contribution in [0.25, 0.3) is 0 Å². The van der Waals surface area contributed by atoms with Gasteiger partial charge < -0.3 is 18.8 Å². The normalized spacial score (nSPS) is 20.3. The SMILES string of the molecule is CN(C[C@H]1COc2ccccc2O1)c1nnc(C2CC2)o1. The number of likely N-dealkylation sites (N-methyl/N-ethyl adjacent to an activating group) is 1. The van der Waals surface area contributed by atoms with Crippen LogP contribution in [0.4, 0.5) is 6.01 Å². The van der Waals surface area contributed by atoms with Crippen LogP contribution >= 0.6 is 0 Å². The number of nitrogens with zero attached hydrogens (tertiary/aromatic N) is 3. The highest BCUT2D eigenvalue weighted by Gasteiger charge is 2.30. The lowest BCUT2D eigenvalue weighted by molar-refractivity contribution is 0.0953. The molecule has 2 aromatic rings. The highest BCUT2D eigenvalue weighted by atomic mass is 16.6. The first-order chi connectivity index (χ1) is 10.3. The topological polar surface area (TPSA) is 60.6 Å². The molecule has 110 valence electrons. The molecule has 2 aliphatic rings. The molecule has 0 spiro atoms. The molecule has 21 heavy (non-hydrogen) atoms. The summed E-state index contributed by atoms with van der Waals surface area (Å²) in [5.74, 6) is 2.81. The van der Waals surface area contributed by atoms with E-state index in [1.165, 1.54) is 0 Å². The third-order valence-electron chi connectivity index (χ3n) is 3.73. The van der Waals surface area contributed by atoms with Crippen molar-refractivity contribution >= 4 is 6.01 Å². The largest absolute Gasteiger partial charge is 0.486 e. The zero-order valence-corrected chi connectivity index (χ0v) is 11.9. The van der Waals surface area contributed by atoms with E-state index in [1.54, 1.807) is 0 Å². The van der Waals surface area contributed by atoms with Crippen LogP contribution in [0.2, 0.25) is 0 Å². The van der Waals surface area contributed by atoms with Crippen molar-refractivity contribution in [3.05, 3.63) is 30.2 Å². The number of para-hydroxylation sites is 2. The van der Waals surface area contributed by atoms with Crippen LogP contribution < -0.4 is 14.4 Å². The molecule has 0 amide bonds. The van der Waals surface area contributed by atoms with Crippen molar-refractivity contribution in [1.29, 1.82) is 0 Å². The number of ether oxygens (including phenoxy) is 2. The Morgan fingerprint density at radius 3 is 2.81 bits per heavy atom. The lowest BCUT2D eigenvalue weighted by Crippen LogP contribution is -2.39. The summed E-state index contributed by atoms with van der Waals surface area (Å²) < 4.78 is 17.3. The Kier molecular flexibility index (Phi) is 2.94. The van der Waals surface area contributed by atoms with Gasteiger partial charge in [0.05, 0.1) is 6.54 Å². The van der Waals surface area contributed by atoms with Gasteiger partial charge in [-0.15, -0.1) is 5.10 Å². The van der Waals surface area contributed by atoms with Gasteiger partial charge in [0.25, 0.3) is 0 Å². The third-order valence-corrected chi connectivity index (χ3v) is 3.73. The zero-order chi connectivity index (χ0) is 14.2. The van der Waals surface area contributed by atoms with Gasteiger partial charge in [0.2, 0.25) is 5.89 Å². The first-order valence-electron chi connectivity index (χ1n) is 7.22. The van der Waals surface area contributed by atoms with Crippen molar-refractivity contribution in [2.45, 2.75) is 24.9 Å². The van der Waals surface area contributed by atoms with Crippen molar-refractivity contribution < 1.29 is 13.9 Å². The van der Waals surface area contributed by atoms with E-state index in [1.807, 2.05) is 36.2 Å². The summed E-state index contributed by atoms with van der Waals surface area (Å²) in [6.07, 6.45) is 2.25. The molecule has 1 aliphatic heterocycles. The van der Waals surface area contributed by atoms with Crippen LogP contribution in [0, 0.1) is 0 Å². The number of benzene rings is 1. The van der Waals surface area contributed by atoms with Crippen molar-refractivity contribution in [2.24, 2.45) is 0 Å². The molecule has 1 aromatic carbocycles. The minimum atomic E-state index is -0.0545. The van der Waals surface area contributed by atoms with Gasteiger partial charge in [-0.1, -0.05) is 17.2 Å². The molecule has 6 heteroatoms. The summed E-state index contributed by atoms with van der Waals surface area (Å²) in [6.45, 7) is 1.16. The van der Waals surface area contributed by atoms with Crippen molar-refractivity contribution in [1.82, 2.24) is 10.2 Å². The minimum absolute atomic E-state index is 0.0545. The maximum atomic E-state index is 5.93. The standard InChI is InChI=1S/C15H17N3O3/c1-18(15-17-16-14(21-15)10-6-7-10)8-11-9-19-12-4-2-3-5-13(12)20-11/h2-5,10-11H,6-9H2,1H3/t11-/m0/s1. The number of fused-ring (bicyclic) bond motifs is 1. The summed E-state index contributed by atoms with van der Waals surface area (Å²) in [5.41, 5.74) is 0. The molecule has 1 fully saturated rings. The fourth-order valence-corrected chi connectivity index (χ4v) is 2.41. The Morgan fingerprint density at radius 2 is 2.00 bits per heavy atom. The quantitative estimate of drug-likeness (QED) is 0.859. The molecule has 4 rings (SSSR count). The lowest BCUT2D eigenvalue weighted by Gasteiger charge is -2.28. The minimum Gasteiger partial charge on any atom is -0.486 e. The Labute approximate surface area is 122 Å². The van der Waals surface area contributed by atoms with Crippen LogP contribution in [0.3, 0.4) is 0 Å². The highest BCUT2D eigenvalue weighted by Crippen LogP contribution is 2.39. The molecule has 0 unspecified atom stereocenters. The van der Waals surface area contributed by atoms with Gasteiger partial charge in [-0.05, 0) is 25.0 Å². The molecular formula is C15H17N3O3. The van der Waals surface area contributed by atoms with Gasteiger partial charge in [0.15, 0.2) is 17.6 Å². The summed E-state index contributed by atoms with van der Waals surface area (Å²) in [6, 6.07) is 8.24. The Morgan fingerprint density at radius 1 is 1.19 bits per heavy atom. The third kappa shape index (κ3) is 2.53. The van der Waals surface area contributed by atoms with E-state index in [0.717, 1.165) is 30.2 Å². The predicted molar refractivity (Wildman–Crippen MR) is 75.9 cm³/mol. The van der Waals surface area contributed by atoms with Gasteiger partial charge in [-0.25, -0.2) is 0 Å². The number of aromatic nitrogens is 2. The van der Waals surface area contributed by atoms with E-state index in [-0.39, 0.29) is 6.10 Å². The monoisotopic (exact) mass is 287 g/mol. The molecular weight excluding hydrogens is 270 g/mol. The first kappa shape index (κ1) is 12.5. The van der Waals surface area contributed by atoms with Gasteiger partial charge in [-0.2, -0.15) is 0 Å². The first-order valence-corrected chi connectivity index (χ1v) is 7.22. The fourth-order valence-electron chi connectivity index (χ4n) is 2.41. The smallest absolute Gasteiger partial charge is 0.318 e. The molecule has 6 nitrogen and oxygen atoms in total. The van der Waals surface area contributed by atoms with Crippen molar-refractivity contribution in [3.63, 3.8) is 0 Å². The van der Waals surface area contributed by atoms with Gasteiger partial charge in [0, 0.05) is 13.0 Å². The summed E-state index contributed by atoms with van der Waals surface area (Å²) >= 11 is 0. The maximum absolute atomic E-state index is 5.93. The summed E-state index contributed by atoms with van der Waals surface area (Å²) in [5, 5.41) is 8.20. The number of anilines is 1.